The van der Waals surface area contributed by atoms with E-state index in [1.54, 1.807) is 44.3 Å². The summed E-state index contributed by atoms with van der Waals surface area (Å²) in [7, 11) is 3.11. The number of carbonyl (C=O) groups is 2. The number of allylic oxidation sites excluding steroid dienone is 1. The van der Waals surface area contributed by atoms with Gasteiger partial charge in [-0.25, -0.2) is 4.39 Å². The summed E-state index contributed by atoms with van der Waals surface area (Å²) in [5.41, 5.74) is 2.65. The Balaban J connectivity index is 1.60. The van der Waals surface area contributed by atoms with E-state index in [0.29, 0.717) is 55.0 Å². The second kappa shape index (κ2) is 11.0. The highest BCUT2D eigenvalue weighted by atomic mass is 19.1. The van der Waals surface area contributed by atoms with Crippen molar-refractivity contribution < 1.29 is 23.5 Å². The van der Waals surface area contributed by atoms with Crippen LogP contribution in [0.4, 0.5) is 4.39 Å². The maximum atomic E-state index is 13.7. The van der Waals surface area contributed by atoms with Gasteiger partial charge in [-0.15, -0.1) is 6.58 Å². The molecule has 0 aromatic heterocycles. The Hall–Kier alpha value is -3.35. The van der Waals surface area contributed by atoms with E-state index in [4.69, 9.17) is 9.47 Å². The van der Waals surface area contributed by atoms with Gasteiger partial charge >= 0.3 is 0 Å². The molecule has 176 valence electrons. The van der Waals surface area contributed by atoms with E-state index in [1.807, 2.05) is 12.1 Å². The van der Waals surface area contributed by atoms with Crippen LogP contribution >= 0.6 is 0 Å². The lowest BCUT2D eigenvalue weighted by atomic mass is 9.95. The van der Waals surface area contributed by atoms with Gasteiger partial charge in [0.1, 0.15) is 5.82 Å². The van der Waals surface area contributed by atoms with Crippen LogP contribution in [0.15, 0.2) is 43.0 Å². The van der Waals surface area contributed by atoms with E-state index in [-0.39, 0.29) is 30.1 Å². The number of nitrogens with zero attached hydrogens (tertiary/aromatic N) is 1. The molecule has 1 aliphatic heterocycles. The van der Waals surface area contributed by atoms with Crippen LogP contribution in [-0.2, 0) is 17.8 Å². The van der Waals surface area contributed by atoms with Crippen molar-refractivity contribution in [2.45, 2.75) is 32.7 Å². The minimum absolute atomic E-state index is 0.0672. The maximum Gasteiger partial charge on any atom is 0.254 e. The number of benzene rings is 2. The van der Waals surface area contributed by atoms with Crippen molar-refractivity contribution in [1.82, 2.24) is 10.2 Å². The third kappa shape index (κ3) is 5.72. The first-order chi connectivity index (χ1) is 15.9. The van der Waals surface area contributed by atoms with E-state index in [0.717, 1.165) is 11.1 Å². The van der Waals surface area contributed by atoms with E-state index in [2.05, 4.69) is 11.9 Å². The molecule has 0 unspecified atom stereocenters. The molecule has 0 saturated carbocycles. The predicted molar refractivity (Wildman–Crippen MR) is 125 cm³/mol. The number of halogens is 1. The molecule has 1 saturated heterocycles. The van der Waals surface area contributed by atoms with Gasteiger partial charge in [-0.1, -0.05) is 18.2 Å². The fourth-order valence-electron chi connectivity index (χ4n) is 4.08. The van der Waals surface area contributed by atoms with Gasteiger partial charge in [-0.2, -0.15) is 0 Å². The Labute approximate surface area is 194 Å². The number of hydrogen-bond donors (Lipinski definition) is 1. The monoisotopic (exact) mass is 454 g/mol. The number of ether oxygens (including phenoxy) is 2. The minimum Gasteiger partial charge on any atom is -0.493 e. The van der Waals surface area contributed by atoms with Crippen LogP contribution in [0.2, 0.25) is 0 Å². The lowest BCUT2D eigenvalue weighted by Crippen LogP contribution is -2.43. The summed E-state index contributed by atoms with van der Waals surface area (Å²) in [5, 5.41) is 2.89. The summed E-state index contributed by atoms with van der Waals surface area (Å²) in [6, 6.07) is 8.46. The molecule has 6 nitrogen and oxygen atoms in total. The van der Waals surface area contributed by atoms with Crippen molar-refractivity contribution in [3.63, 3.8) is 0 Å². The summed E-state index contributed by atoms with van der Waals surface area (Å²) in [6.45, 7) is 6.73. The zero-order valence-electron chi connectivity index (χ0n) is 19.4. The zero-order chi connectivity index (χ0) is 24.0. The van der Waals surface area contributed by atoms with Crippen LogP contribution in [0, 0.1) is 18.7 Å². The van der Waals surface area contributed by atoms with Gasteiger partial charge in [0.2, 0.25) is 5.91 Å². The number of nitrogens with one attached hydrogen (secondary N) is 1. The van der Waals surface area contributed by atoms with Gasteiger partial charge in [0.25, 0.3) is 5.91 Å². The van der Waals surface area contributed by atoms with Crippen molar-refractivity contribution in [2.24, 2.45) is 5.92 Å². The van der Waals surface area contributed by atoms with Crippen LogP contribution in [0.3, 0.4) is 0 Å². The third-order valence-corrected chi connectivity index (χ3v) is 6.02. The Bertz CT molecular complexity index is 1030. The molecule has 1 fully saturated rings. The molecule has 2 aromatic carbocycles. The molecular weight excluding hydrogens is 423 g/mol. The first-order valence-electron chi connectivity index (χ1n) is 11.1. The van der Waals surface area contributed by atoms with Crippen LogP contribution < -0.4 is 14.8 Å². The van der Waals surface area contributed by atoms with Crippen LogP contribution in [0.5, 0.6) is 11.5 Å². The number of likely N-dealkylation sites (tertiary alicyclic amines) is 1. The summed E-state index contributed by atoms with van der Waals surface area (Å²) < 4.78 is 24.6. The highest BCUT2D eigenvalue weighted by Gasteiger charge is 2.28. The molecule has 0 atom stereocenters. The van der Waals surface area contributed by atoms with E-state index >= 15 is 0 Å². The SMILES string of the molecule is C=CCc1cc(C(=O)N2CCC(C(=O)NCc3ccc(C)c(F)c3)CC2)cc(OC)c1OC. The average Bonchev–Trinajstić information content (AvgIpc) is 2.83. The summed E-state index contributed by atoms with van der Waals surface area (Å²) in [6.07, 6.45) is 3.45. The molecular formula is C26H31FN2O4. The molecule has 2 amide bonds. The fraction of sp³-hybridized carbons (Fsp3) is 0.385. The number of piperidine rings is 1. The molecule has 1 aliphatic rings. The number of amides is 2. The molecule has 2 aromatic rings. The Morgan fingerprint density at radius 3 is 2.52 bits per heavy atom. The molecule has 0 bridgehead atoms. The van der Waals surface area contributed by atoms with Gasteiger partial charge in [-0.05, 0) is 55.5 Å². The summed E-state index contributed by atoms with van der Waals surface area (Å²) in [4.78, 5) is 27.5. The number of carbonyl (C=O) groups excluding carboxylic acids is 2. The van der Waals surface area contributed by atoms with Crippen molar-refractivity contribution >= 4 is 11.8 Å². The topological polar surface area (TPSA) is 67.9 Å². The predicted octanol–water partition coefficient (Wildman–Crippen LogP) is 4.05. The van der Waals surface area contributed by atoms with Crippen LogP contribution in [0.1, 0.15) is 39.9 Å². The molecule has 0 aliphatic carbocycles. The Morgan fingerprint density at radius 1 is 1.18 bits per heavy atom. The second-order valence-corrected chi connectivity index (χ2v) is 8.23. The van der Waals surface area contributed by atoms with Gasteiger partial charge in [0.15, 0.2) is 11.5 Å². The van der Waals surface area contributed by atoms with Crippen molar-refractivity contribution in [3.8, 4) is 11.5 Å². The molecule has 33 heavy (non-hydrogen) atoms. The number of methoxy groups -OCH3 is 2. The highest BCUT2D eigenvalue weighted by molar-refractivity contribution is 5.95. The van der Waals surface area contributed by atoms with E-state index < -0.39 is 0 Å². The largest absolute Gasteiger partial charge is 0.493 e. The zero-order valence-corrected chi connectivity index (χ0v) is 19.4. The molecule has 0 spiro atoms. The summed E-state index contributed by atoms with van der Waals surface area (Å²) >= 11 is 0. The molecule has 0 radical (unpaired) electrons. The van der Waals surface area contributed by atoms with Crippen LogP contribution in [0.25, 0.3) is 0 Å². The fourth-order valence-corrected chi connectivity index (χ4v) is 4.08. The number of aryl methyl sites for hydroxylation is 1. The summed E-state index contributed by atoms with van der Waals surface area (Å²) in [5.74, 6) is 0.476. The molecule has 1 heterocycles. The number of rotatable bonds is 8. The minimum atomic E-state index is -0.278. The maximum absolute atomic E-state index is 13.7. The van der Waals surface area contributed by atoms with Gasteiger partial charge in [-0.3, -0.25) is 9.59 Å². The smallest absolute Gasteiger partial charge is 0.254 e. The Kier molecular flexibility index (Phi) is 8.09. The standard InChI is InChI=1S/C26H31FN2O4/c1-5-6-20-14-21(15-23(32-3)24(20)33-4)26(31)29-11-9-19(10-12-29)25(30)28-16-18-8-7-17(2)22(27)13-18/h5,7-8,13-15,19H,1,6,9-12,16H2,2-4H3,(H,28,30). The molecule has 7 heteroatoms. The first-order valence-corrected chi connectivity index (χ1v) is 11.1. The normalized spacial score (nSPS) is 14.0. The molecule has 1 N–H and O–H groups in total. The lowest BCUT2D eigenvalue weighted by Gasteiger charge is -2.31. The molecule has 3 rings (SSSR count). The second-order valence-electron chi connectivity index (χ2n) is 8.23. The van der Waals surface area contributed by atoms with Crippen LogP contribution in [-0.4, -0.2) is 44.0 Å². The van der Waals surface area contributed by atoms with Crippen molar-refractivity contribution in [1.29, 1.82) is 0 Å². The van der Waals surface area contributed by atoms with E-state index in [1.165, 1.54) is 6.07 Å². The Morgan fingerprint density at radius 2 is 1.91 bits per heavy atom. The average molecular weight is 455 g/mol. The van der Waals surface area contributed by atoms with Gasteiger partial charge < -0.3 is 19.7 Å². The van der Waals surface area contributed by atoms with Crippen molar-refractivity contribution in [3.05, 3.63) is 71.1 Å². The van der Waals surface area contributed by atoms with E-state index in [9.17, 15) is 14.0 Å². The van der Waals surface area contributed by atoms with Crippen molar-refractivity contribution in [2.75, 3.05) is 27.3 Å². The van der Waals surface area contributed by atoms with Gasteiger partial charge in [0, 0.05) is 36.7 Å². The number of hydrogen-bond acceptors (Lipinski definition) is 4. The lowest BCUT2D eigenvalue weighted by molar-refractivity contribution is -0.126. The highest BCUT2D eigenvalue weighted by Crippen LogP contribution is 2.34. The third-order valence-electron chi connectivity index (χ3n) is 6.02. The first kappa shape index (κ1) is 24.3. The van der Waals surface area contributed by atoms with Gasteiger partial charge in [0.05, 0.1) is 14.2 Å². The quantitative estimate of drug-likeness (QED) is 0.611.